The Morgan fingerprint density at radius 3 is 2.81 bits per heavy atom. The minimum atomic E-state index is -1.09. The van der Waals surface area contributed by atoms with Gasteiger partial charge in [-0.15, -0.1) is 0 Å². The van der Waals surface area contributed by atoms with Crippen LogP contribution in [0.4, 0.5) is 4.79 Å². The third-order valence-electron chi connectivity index (χ3n) is 3.45. The third kappa shape index (κ3) is 3.74. The number of benzene rings is 1. The van der Waals surface area contributed by atoms with Crippen molar-refractivity contribution in [3.63, 3.8) is 0 Å². The van der Waals surface area contributed by atoms with E-state index in [2.05, 4.69) is 15.9 Å². The summed E-state index contributed by atoms with van der Waals surface area (Å²) in [6, 6.07) is 6.20. The van der Waals surface area contributed by atoms with Gasteiger partial charge < -0.3 is 20.0 Å². The lowest BCUT2D eigenvalue weighted by molar-refractivity contribution is -0.141. The number of carboxylic acids is 1. The number of urea groups is 1. The van der Waals surface area contributed by atoms with E-state index in [1.165, 1.54) is 9.80 Å². The Labute approximate surface area is 131 Å². The predicted octanol–water partition coefficient (Wildman–Crippen LogP) is 1.52. The molecule has 7 heteroatoms. The van der Waals surface area contributed by atoms with Crippen LogP contribution in [0.15, 0.2) is 28.7 Å². The molecule has 0 radical (unpaired) electrons. The van der Waals surface area contributed by atoms with E-state index in [4.69, 9.17) is 5.11 Å². The molecule has 6 nitrogen and oxygen atoms in total. The molecule has 2 atom stereocenters. The Kier molecular flexibility index (Phi) is 4.84. The van der Waals surface area contributed by atoms with Crippen LogP contribution in [0, 0.1) is 0 Å². The highest BCUT2D eigenvalue weighted by molar-refractivity contribution is 9.10. The first-order valence-corrected chi connectivity index (χ1v) is 7.35. The van der Waals surface area contributed by atoms with Crippen LogP contribution >= 0.6 is 15.9 Å². The first-order valence-electron chi connectivity index (χ1n) is 6.55. The Morgan fingerprint density at radius 2 is 2.19 bits per heavy atom. The molecule has 2 rings (SSSR count). The zero-order valence-corrected chi connectivity index (χ0v) is 13.2. The van der Waals surface area contributed by atoms with Gasteiger partial charge in [0.2, 0.25) is 0 Å². The van der Waals surface area contributed by atoms with Gasteiger partial charge >= 0.3 is 12.0 Å². The third-order valence-corrected chi connectivity index (χ3v) is 3.94. The van der Waals surface area contributed by atoms with E-state index in [-0.39, 0.29) is 19.0 Å². The number of β-amino-alcohol motifs (C(OH)–C–C–N with tert-alkyl or cyclic N) is 1. The molecule has 1 aliphatic heterocycles. The number of aliphatic hydroxyl groups excluding tert-OH is 1. The van der Waals surface area contributed by atoms with Crippen molar-refractivity contribution in [1.82, 2.24) is 9.80 Å². The molecule has 1 fully saturated rings. The van der Waals surface area contributed by atoms with Gasteiger partial charge in [0.05, 0.1) is 6.10 Å². The molecule has 1 aromatic carbocycles. The van der Waals surface area contributed by atoms with Crippen LogP contribution in [0.3, 0.4) is 0 Å². The van der Waals surface area contributed by atoms with Gasteiger partial charge in [-0.05, 0) is 17.7 Å². The fourth-order valence-corrected chi connectivity index (χ4v) is 2.90. The molecule has 0 aromatic heterocycles. The van der Waals surface area contributed by atoms with E-state index in [9.17, 15) is 14.7 Å². The summed E-state index contributed by atoms with van der Waals surface area (Å²) in [5, 5.41) is 18.7. The van der Waals surface area contributed by atoms with Crippen molar-refractivity contribution >= 4 is 27.9 Å². The maximum Gasteiger partial charge on any atom is 0.326 e. The Bertz CT molecular complexity index is 552. The Morgan fingerprint density at radius 1 is 1.48 bits per heavy atom. The van der Waals surface area contributed by atoms with E-state index in [0.717, 1.165) is 10.0 Å². The molecule has 0 bridgehead atoms. The van der Waals surface area contributed by atoms with E-state index in [1.807, 2.05) is 24.3 Å². The van der Waals surface area contributed by atoms with Gasteiger partial charge in [0.25, 0.3) is 0 Å². The second-order valence-electron chi connectivity index (χ2n) is 5.16. The van der Waals surface area contributed by atoms with Gasteiger partial charge in [0, 0.05) is 31.0 Å². The molecule has 2 N–H and O–H groups in total. The van der Waals surface area contributed by atoms with Crippen LogP contribution in [0.2, 0.25) is 0 Å². The number of hydrogen-bond donors (Lipinski definition) is 2. The lowest BCUT2D eigenvalue weighted by Crippen LogP contribution is -2.46. The van der Waals surface area contributed by atoms with Gasteiger partial charge in [-0.3, -0.25) is 0 Å². The lowest BCUT2D eigenvalue weighted by atomic mass is 10.2. The summed E-state index contributed by atoms with van der Waals surface area (Å²) in [7, 11) is 1.62. The number of nitrogens with zero attached hydrogens (tertiary/aromatic N) is 2. The normalized spacial score (nSPS) is 21.4. The number of hydrogen-bond acceptors (Lipinski definition) is 3. The lowest BCUT2D eigenvalue weighted by Gasteiger charge is -2.27. The smallest absolute Gasteiger partial charge is 0.326 e. The molecule has 1 aromatic rings. The van der Waals surface area contributed by atoms with Crippen molar-refractivity contribution in [2.24, 2.45) is 0 Å². The minimum absolute atomic E-state index is 0.0542. The summed E-state index contributed by atoms with van der Waals surface area (Å²) in [4.78, 5) is 26.2. The number of likely N-dealkylation sites (tertiary alicyclic amines) is 1. The van der Waals surface area contributed by atoms with Gasteiger partial charge in [-0.2, -0.15) is 0 Å². The molecular weight excluding hydrogens is 340 g/mol. The molecule has 0 saturated carbocycles. The zero-order valence-electron chi connectivity index (χ0n) is 11.6. The molecule has 114 valence electrons. The standard InChI is InChI=1S/C14H17BrN2O4/c1-16(7-9-3-2-4-10(15)5-9)14(21)17-8-11(18)6-12(17)13(19)20/h2-5,11-12,18H,6-8H2,1H3,(H,19,20). The molecule has 2 unspecified atom stereocenters. The fraction of sp³-hybridized carbons (Fsp3) is 0.429. The number of carboxylic acid groups (broad SMARTS) is 1. The Hall–Kier alpha value is -1.60. The topological polar surface area (TPSA) is 81.1 Å². The average Bonchev–Trinajstić information content (AvgIpc) is 2.80. The second kappa shape index (κ2) is 6.44. The molecule has 0 aliphatic carbocycles. The number of aliphatic hydroxyl groups is 1. The maximum absolute atomic E-state index is 12.4. The van der Waals surface area contributed by atoms with Gasteiger partial charge in [-0.25, -0.2) is 9.59 Å². The van der Waals surface area contributed by atoms with E-state index in [0.29, 0.717) is 6.54 Å². The summed E-state index contributed by atoms with van der Waals surface area (Å²) in [6.07, 6.45) is -0.708. The second-order valence-corrected chi connectivity index (χ2v) is 6.08. The van der Waals surface area contributed by atoms with E-state index < -0.39 is 18.1 Å². The molecule has 1 saturated heterocycles. The van der Waals surface area contributed by atoms with Crippen LogP contribution < -0.4 is 0 Å². The molecule has 0 spiro atoms. The van der Waals surface area contributed by atoms with E-state index in [1.54, 1.807) is 7.05 Å². The molecule has 1 aliphatic rings. The predicted molar refractivity (Wildman–Crippen MR) is 79.8 cm³/mol. The quantitative estimate of drug-likeness (QED) is 0.860. The van der Waals surface area contributed by atoms with Crippen LogP contribution in [0.5, 0.6) is 0 Å². The van der Waals surface area contributed by atoms with Crippen molar-refractivity contribution in [1.29, 1.82) is 0 Å². The number of rotatable bonds is 3. The average molecular weight is 357 g/mol. The highest BCUT2D eigenvalue weighted by Gasteiger charge is 2.39. The van der Waals surface area contributed by atoms with Crippen molar-refractivity contribution in [2.75, 3.05) is 13.6 Å². The van der Waals surface area contributed by atoms with E-state index >= 15 is 0 Å². The summed E-state index contributed by atoms with van der Waals surface area (Å²) in [6.45, 7) is 0.426. The van der Waals surface area contributed by atoms with Crippen LogP contribution in [0.25, 0.3) is 0 Å². The van der Waals surface area contributed by atoms with Crippen molar-refractivity contribution in [3.05, 3.63) is 34.3 Å². The van der Waals surface area contributed by atoms with Crippen molar-refractivity contribution in [3.8, 4) is 0 Å². The SMILES string of the molecule is CN(Cc1cccc(Br)c1)C(=O)N1CC(O)CC1C(=O)O. The number of amides is 2. The zero-order chi connectivity index (χ0) is 15.6. The van der Waals surface area contributed by atoms with Crippen molar-refractivity contribution < 1.29 is 19.8 Å². The summed E-state index contributed by atoms with van der Waals surface area (Å²) >= 11 is 3.37. The van der Waals surface area contributed by atoms with Crippen LogP contribution in [-0.4, -0.2) is 57.8 Å². The summed E-state index contributed by atoms with van der Waals surface area (Å²) in [5.74, 6) is -1.09. The molecule has 2 amide bonds. The number of halogens is 1. The summed E-state index contributed by atoms with van der Waals surface area (Å²) < 4.78 is 0.917. The molecule has 1 heterocycles. The van der Waals surface area contributed by atoms with Crippen molar-refractivity contribution in [2.45, 2.75) is 25.1 Å². The van der Waals surface area contributed by atoms with Crippen LogP contribution in [-0.2, 0) is 11.3 Å². The van der Waals surface area contributed by atoms with Gasteiger partial charge in [0.15, 0.2) is 0 Å². The molecule has 21 heavy (non-hydrogen) atoms. The van der Waals surface area contributed by atoms with Gasteiger partial charge in [-0.1, -0.05) is 28.1 Å². The van der Waals surface area contributed by atoms with Crippen LogP contribution in [0.1, 0.15) is 12.0 Å². The highest BCUT2D eigenvalue weighted by Crippen LogP contribution is 2.21. The highest BCUT2D eigenvalue weighted by atomic mass is 79.9. The first kappa shape index (κ1) is 15.8. The Balaban J connectivity index is 2.06. The molecular formula is C14H17BrN2O4. The minimum Gasteiger partial charge on any atom is -0.480 e. The number of carbonyl (C=O) groups excluding carboxylic acids is 1. The monoisotopic (exact) mass is 356 g/mol. The summed E-state index contributed by atoms with van der Waals surface area (Å²) in [5.41, 5.74) is 0.937. The first-order chi connectivity index (χ1) is 9.88. The maximum atomic E-state index is 12.4. The van der Waals surface area contributed by atoms with Gasteiger partial charge in [0.1, 0.15) is 6.04 Å². The number of aliphatic carboxylic acids is 1. The number of carbonyl (C=O) groups is 2. The largest absolute Gasteiger partial charge is 0.480 e. The fourth-order valence-electron chi connectivity index (χ4n) is 2.46.